The molecule has 0 unspecified atom stereocenters. The number of nitrogens with one attached hydrogen (secondary N) is 1. The van der Waals surface area contributed by atoms with Crippen LogP contribution in [0.25, 0.3) is 0 Å². The van der Waals surface area contributed by atoms with E-state index in [-0.39, 0.29) is 17.1 Å². The molecule has 1 heterocycles. The van der Waals surface area contributed by atoms with Crippen LogP contribution in [-0.4, -0.2) is 33.4 Å². The number of hydrogen-bond donors (Lipinski definition) is 2. The van der Waals surface area contributed by atoms with Crippen LogP contribution < -0.4 is 5.32 Å². The van der Waals surface area contributed by atoms with Crippen molar-refractivity contribution in [1.82, 2.24) is 10.3 Å². The van der Waals surface area contributed by atoms with Gasteiger partial charge in [0.15, 0.2) is 0 Å². The van der Waals surface area contributed by atoms with Gasteiger partial charge >= 0.3 is 11.7 Å². The van der Waals surface area contributed by atoms with E-state index < -0.39 is 22.5 Å². The minimum atomic E-state index is -0.860. The number of nitrogens with zero attached hydrogens (tertiary/aromatic N) is 2. The van der Waals surface area contributed by atoms with Crippen LogP contribution in [0.4, 0.5) is 5.69 Å². The molecule has 21 heavy (non-hydrogen) atoms. The van der Waals surface area contributed by atoms with Crippen molar-refractivity contribution in [3.63, 3.8) is 0 Å². The largest absolute Gasteiger partial charge is 0.481 e. The fourth-order valence-electron chi connectivity index (χ4n) is 1.66. The van der Waals surface area contributed by atoms with Gasteiger partial charge in [0.25, 0.3) is 5.91 Å². The lowest BCUT2D eigenvalue weighted by Gasteiger charge is -2.06. The Hall–Kier alpha value is -2.22. The van der Waals surface area contributed by atoms with Gasteiger partial charge in [-0.15, -0.1) is 0 Å². The Morgan fingerprint density at radius 3 is 2.71 bits per heavy atom. The number of rotatable bonds is 8. The molecule has 0 saturated carbocycles. The number of hydrogen-bond acceptors (Lipinski definition) is 5. The zero-order valence-electron chi connectivity index (χ0n) is 11.0. The fourth-order valence-corrected chi connectivity index (χ4v) is 1.89. The number of nitro groups is 1. The molecule has 0 spiro atoms. The second-order valence-corrected chi connectivity index (χ2v) is 4.57. The Balaban J connectivity index is 2.51. The van der Waals surface area contributed by atoms with Crippen molar-refractivity contribution >= 4 is 29.2 Å². The average Bonchev–Trinajstić information content (AvgIpc) is 2.41. The lowest BCUT2D eigenvalue weighted by Crippen LogP contribution is -2.25. The molecule has 2 N–H and O–H groups in total. The maximum absolute atomic E-state index is 11.9. The fraction of sp³-hybridized carbons (Fsp3) is 0.417. The molecule has 0 bridgehead atoms. The number of unbranched alkanes of at least 4 members (excludes halogenated alkanes) is 2. The molecule has 0 fully saturated rings. The number of halogens is 1. The Morgan fingerprint density at radius 1 is 1.38 bits per heavy atom. The Kier molecular flexibility index (Phi) is 6.54. The maximum atomic E-state index is 11.9. The van der Waals surface area contributed by atoms with Crippen LogP contribution in [0.2, 0.25) is 5.15 Å². The number of carbonyl (C=O) groups is 2. The van der Waals surface area contributed by atoms with E-state index in [1.807, 2.05) is 0 Å². The molecule has 0 aliphatic heterocycles. The normalized spacial score (nSPS) is 10.1. The number of amides is 1. The summed E-state index contributed by atoms with van der Waals surface area (Å²) in [5.74, 6) is -1.47. The van der Waals surface area contributed by atoms with Crippen LogP contribution in [0.3, 0.4) is 0 Å². The van der Waals surface area contributed by atoms with E-state index in [1.165, 1.54) is 12.3 Å². The van der Waals surface area contributed by atoms with Gasteiger partial charge in [-0.2, -0.15) is 0 Å². The van der Waals surface area contributed by atoms with Gasteiger partial charge in [0.2, 0.25) is 5.15 Å². The highest BCUT2D eigenvalue weighted by molar-refractivity contribution is 6.32. The molecule has 1 rings (SSSR count). The molecule has 1 aromatic rings. The highest BCUT2D eigenvalue weighted by Crippen LogP contribution is 2.25. The van der Waals surface area contributed by atoms with E-state index in [0.717, 1.165) is 0 Å². The number of carbonyl (C=O) groups excluding carboxylic acids is 1. The topological polar surface area (TPSA) is 122 Å². The first kappa shape index (κ1) is 16.8. The van der Waals surface area contributed by atoms with Crippen LogP contribution in [0, 0.1) is 10.1 Å². The van der Waals surface area contributed by atoms with Crippen molar-refractivity contribution in [2.45, 2.75) is 25.7 Å². The lowest BCUT2D eigenvalue weighted by molar-refractivity contribution is -0.385. The Labute approximate surface area is 125 Å². The smallest absolute Gasteiger partial charge is 0.319 e. The van der Waals surface area contributed by atoms with E-state index in [4.69, 9.17) is 16.7 Å². The molecule has 0 aromatic carbocycles. The van der Waals surface area contributed by atoms with Crippen molar-refractivity contribution in [3.05, 3.63) is 33.1 Å². The summed E-state index contributed by atoms with van der Waals surface area (Å²) in [7, 11) is 0. The number of aliphatic carboxylic acids is 1. The zero-order chi connectivity index (χ0) is 15.8. The van der Waals surface area contributed by atoms with Gasteiger partial charge in [-0.3, -0.25) is 19.7 Å². The van der Waals surface area contributed by atoms with Crippen molar-refractivity contribution in [3.8, 4) is 0 Å². The SMILES string of the molecule is O=C(O)CCCCCNC(=O)c1ccnc(Cl)c1[N+](=O)[O-]. The molecule has 0 aliphatic carbocycles. The highest BCUT2D eigenvalue weighted by atomic mass is 35.5. The molecule has 114 valence electrons. The van der Waals surface area contributed by atoms with Crippen molar-refractivity contribution in [2.75, 3.05) is 6.54 Å². The number of aromatic nitrogens is 1. The first-order valence-corrected chi connectivity index (χ1v) is 6.60. The minimum absolute atomic E-state index is 0.0827. The van der Waals surface area contributed by atoms with Crippen LogP contribution in [-0.2, 0) is 4.79 Å². The summed E-state index contributed by atoms with van der Waals surface area (Å²) >= 11 is 5.61. The Bertz CT molecular complexity index is 550. The molecule has 0 atom stereocenters. The molecule has 9 heteroatoms. The van der Waals surface area contributed by atoms with Gasteiger partial charge in [-0.05, 0) is 18.9 Å². The number of pyridine rings is 1. The maximum Gasteiger partial charge on any atom is 0.319 e. The van der Waals surface area contributed by atoms with Gasteiger partial charge in [0, 0.05) is 19.2 Å². The summed E-state index contributed by atoms with van der Waals surface area (Å²) in [4.78, 5) is 35.9. The molecule has 1 amide bonds. The van der Waals surface area contributed by atoms with Gasteiger partial charge in [-0.1, -0.05) is 18.0 Å². The van der Waals surface area contributed by atoms with Crippen LogP contribution in [0.15, 0.2) is 12.3 Å². The standard InChI is InChI=1S/C12H14ClN3O5/c13-11-10(16(20)21)8(5-7-14-11)12(19)15-6-3-1-2-4-9(17)18/h5,7H,1-4,6H2,(H,15,19)(H,17,18). The first-order chi connectivity index (χ1) is 9.93. The van der Waals surface area contributed by atoms with Crippen LogP contribution >= 0.6 is 11.6 Å². The van der Waals surface area contributed by atoms with Crippen LogP contribution in [0.5, 0.6) is 0 Å². The molecule has 1 aromatic heterocycles. The predicted octanol–water partition coefficient (Wildman–Crippen LogP) is 2.02. The second-order valence-electron chi connectivity index (χ2n) is 4.22. The third-order valence-corrected chi connectivity index (χ3v) is 2.94. The summed E-state index contributed by atoms with van der Waals surface area (Å²) in [5, 5.41) is 21.5. The monoisotopic (exact) mass is 315 g/mol. The first-order valence-electron chi connectivity index (χ1n) is 6.22. The summed E-state index contributed by atoms with van der Waals surface area (Å²) in [6.45, 7) is 0.301. The van der Waals surface area contributed by atoms with Gasteiger partial charge in [0.1, 0.15) is 5.56 Å². The van der Waals surface area contributed by atoms with Crippen molar-refractivity contribution in [1.29, 1.82) is 0 Å². The van der Waals surface area contributed by atoms with E-state index in [2.05, 4.69) is 10.3 Å². The van der Waals surface area contributed by atoms with Gasteiger partial charge in [-0.25, -0.2) is 4.98 Å². The van der Waals surface area contributed by atoms with E-state index in [1.54, 1.807) is 0 Å². The Morgan fingerprint density at radius 2 is 2.10 bits per heavy atom. The third kappa shape index (κ3) is 5.35. The summed E-state index contributed by atoms with van der Waals surface area (Å²) in [6.07, 6.45) is 3.06. The summed E-state index contributed by atoms with van der Waals surface area (Å²) < 4.78 is 0. The predicted molar refractivity (Wildman–Crippen MR) is 74.3 cm³/mol. The summed E-state index contributed by atoms with van der Waals surface area (Å²) in [6, 6.07) is 1.23. The van der Waals surface area contributed by atoms with Crippen molar-refractivity contribution < 1.29 is 19.6 Å². The molecule has 8 nitrogen and oxygen atoms in total. The quantitative estimate of drug-likeness (QED) is 0.327. The minimum Gasteiger partial charge on any atom is -0.481 e. The molecule has 0 saturated heterocycles. The number of carboxylic acids is 1. The molecule has 0 aliphatic rings. The summed E-state index contributed by atoms with van der Waals surface area (Å²) in [5.41, 5.74) is -0.673. The number of carboxylic acid groups (broad SMARTS) is 1. The van der Waals surface area contributed by atoms with Gasteiger partial charge < -0.3 is 10.4 Å². The van der Waals surface area contributed by atoms with E-state index in [9.17, 15) is 19.7 Å². The molecular formula is C12H14ClN3O5. The lowest BCUT2D eigenvalue weighted by atomic mass is 10.2. The second kappa shape index (κ2) is 8.15. The average molecular weight is 316 g/mol. The van der Waals surface area contributed by atoms with Crippen molar-refractivity contribution in [2.24, 2.45) is 0 Å². The van der Waals surface area contributed by atoms with Crippen LogP contribution in [0.1, 0.15) is 36.0 Å². The zero-order valence-corrected chi connectivity index (χ0v) is 11.8. The molecular weight excluding hydrogens is 302 g/mol. The van der Waals surface area contributed by atoms with E-state index in [0.29, 0.717) is 25.8 Å². The van der Waals surface area contributed by atoms with Gasteiger partial charge in [0.05, 0.1) is 4.92 Å². The third-order valence-electron chi connectivity index (χ3n) is 2.66. The molecule has 0 radical (unpaired) electrons. The highest BCUT2D eigenvalue weighted by Gasteiger charge is 2.24. The van der Waals surface area contributed by atoms with E-state index >= 15 is 0 Å².